The minimum atomic E-state index is -0.297. The van der Waals surface area contributed by atoms with Crippen LogP contribution >= 0.6 is 23.4 Å². The van der Waals surface area contributed by atoms with Crippen LogP contribution < -0.4 is 5.32 Å². The van der Waals surface area contributed by atoms with E-state index in [-0.39, 0.29) is 17.2 Å². The first-order valence-corrected chi connectivity index (χ1v) is 10.4. The summed E-state index contributed by atoms with van der Waals surface area (Å²) in [6, 6.07) is 15.7. The number of amides is 1. The lowest BCUT2D eigenvalue weighted by molar-refractivity contribution is -0.120. The molecule has 1 N–H and O–H groups in total. The fourth-order valence-electron chi connectivity index (χ4n) is 2.67. The van der Waals surface area contributed by atoms with Crippen LogP contribution in [0.3, 0.4) is 0 Å². The highest BCUT2D eigenvalue weighted by atomic mass is 35.5. The zero-order valence-electron chi connectivity index (χ0n) is 16.3. The number of nitrogens with zero attached hydrogens (tertiary/aromatic N) is 3. The van der Waals surface area contributed by atoms with Crippen molar-refractivity contribution in [3.63, 3.8) is 0 Å². The van der Waals surface area contributed by atoms with E-state index < -0.39 is 0 Å². The van der Waals surface area contributed by atoms with Gasteiger partial charge in [-0.25, -0.2) is 0 Å². The fourth-order valence-corrected chi connectivity index (χ4v) is 3.67. The molecule has 0 aliphatic rings. The van der Waals surface area contributed by atoms with Gasteiger partial charge in [-0.05, 0) is 64.1 Å². The van der Waals surface area contributed by atoms with Crippen LogP contribution in [-0.4, -0.2) is 32.0 Å². The van der Waals surface area contributed by atoms with Crippen molar-refractivity contribution in [3.8, 4) is 17.1 Å². The summed E-state index contributed by atoms with van der Waals surface area (Å²) in [7, 11) is 0. The zero-order chi connectivity index (χ0) is 20.3. The molecule has 0 radical (unpaired) electrons. The Balaban J connectivity index is 2.01. The molecule has 3 rings (SSSR count). The first-order chi connectivity index (χ1) is 13.3. The second kappa shape index (κ2) is 8.80. The summed E-state index contributed by atoms with van der Waals surface area (Å²) in [6.45, 7) is 7.81. The van der Waals surface area contributed by atoms with Gasteiger partial charge in [-0.15, -0.1) is 10.2 Å². The third kappa shape index (κ3) is 4.75. The summed E-state index contributed by atoms with van der Waals surface area (Å²) in [5.41, 5.74) is 3.02. The summed E-state index contributed by atoms with van der Waals surface area (Å²) >= 11 is 7.42. The lowest BCUT2D eigenvalue weighted by Crippen LogP contribution is -2.36. The van der Waals surface area contributed by atoms with Gasteiger partial charge < -0.3 is 5.32 Å². The molecule has 0 aliphatic carbocycles. The molecule has 0 spiro atoms. The summed E-state index contributed by atoms with van der Waals surface area (Å²) in [5, 5.41) is 12.8. The second-order valence-electron chi connectivity index (χ2n) is 6.91. The second-order valence-corrected chi connectivity index (χ2v) is 8.65. The van der Waals surface area contributed by atoms with E-state index in [0.29, 0.717) is 16.0 Å². The Labute approximate surface area is 174 Å². The molecule has 0 saturated carbocycles. The number of hydrogen-bond acceptors (Lipinski definition) is 4. The Hall–Kier alpha value is -2.31. The standard InChI is InChI=1S/C21H23ClN4OS/c1-13(2)23-20(27)15(4)28-21-25-24-19(16-7-9-17(22)10-8-16)26(21)18-11-5-14(3)6-12-18/h5-13,15H,1-4H3,(H,23,27). The number of carbonyl (C=O) groups excluding carboxylic acids is 1. The molecule has 146 valence electrons. The summed E-state index contributed by atoms with van der Waals surface area (Å²) < 4.78 is 1.98. The monoisotopic (exact) mass is 414 g/mol. The van der Waals surface area contributed by atoms with Crippen LogP contribution in [0.15, 0.2) is 53.7 Å². The van der Waals surface area contributed by atoms with Crippen LogP contribution in [0.5, 0.6) is 0 Å². The highest BCUT2D eigenvalue weighted by Crippen LogP contribution is 2.30. The van der Waals surface area contributed by atoms with Gasteiger partial charge in [-0.3, -0.25) is 9.36 Å². The maximum absolute atomic E-state index is 12.4. The van der Waals surface area contributed by atoms with Gasteiger partial charge in [0.25, 0.3) is 0 Å². The van der Waals surface area contributed by atoms with Crippen molar-refractivity contribution < 1.29 is 4.79 Å². The third-order valence-electron chi connectivity index (χ3n) is 4.11. The average molecular weight is 415 g/mol. The summed E-state index contributed by atoms with van der Waals surface area (Å²) in [4.78, 5) is 12.4. The van der Waals surface area contributed by atoms with E-state index in [0.717, 1.165) is 11.3 Å². The van der Waals surface area contributed by atoms with Crippen molar-refractivity contribution in [2.75, 3.05) is 0 Å². The molecular formula is C21H23ClN4OS. The number of hydrogen-bond donors (Lipinski definition) is 1. The number of rotatable bonds is 6. The number of benzene rings is 2. The van der Waals surface area contributed by atoms with Crippen molar-refractivity contribution in [2.24, 2.45) is 0 Å². The Bertz CT molecular complexity index is 952. The molecular weight excluding hydrogens is 392 g/mol. The van der Waals surface area contributed by atoms with E-state index in [4.69, 9.17) is 11.6 Å². The van der Waals surface area contributed by atoms with E-state index in [1.54, 1.807) is 0 Å². The SMILES string of the molecule is Cc1ccc(-n2c(SC(C)C(=O)NC(C)C)nnc2-c2ccc(Cl)cc2)cc1. The van der Waals surface area contributed by atoms with Crippen LogP contribution in [-0.2, 0) is 4.79 Å². The highest BCUT2D eigenvalue weighted by molar-refractivity contribution is 8.00. The van der Waals surface area contributed by atoms with Gasteiger partial charge in [0.05, 0.1) is 5.25 Å². The van der Waals surface area contributed by atoms with E-state index in [1.165, 1.54) is 17.3 Å². The first kappa shape index (κ1) is 20.4. The van der Waals surface area contributed by atoms with Gasteiger partial charge in [-0.2, -0.15) is 0 Å². The third-order valence-corrected chi connectivity index (χ3v) is 5.40. The van der Waals surface area contributed by atoms with E-state index in [9.17, 15) is 4.79 Å². The molecule has 5 nitrogen and oxygen atoms in total. The largest absolute Gasteiger partial charge is 0.353 e. The molecule has 7 heteroatoms. The molecule has 1 atom stereocenters. The fraction of sp³-hybridized carbons (Fsp3) is 0.286. The molecule has 0 bridgehead atoms. The van der Waals surface area contributed by atoms with Crippen LogP contribution in [0.2, 0.25) is 5.02 Å². The maximum atomic E-state index is 12.4. The van der Waals surface area contributed by atoms with Crippen molar-refractivity contribution >= 4 is 29.3 Å². The average Bonchev–Trinajstić information content (AvgIpc) is 3.06. The summed E-state index contributed by atoms with van der Waals surface area (Å²) in [6.07, 6.45) is 0. The number of carbonyl (C=O) groups is 1. The van der Waals surface area contributed by atoms with Crippen molar-refractivity contribution in [2.45, 2.75) is 44.1 Å². The number of aromatic nitrogens is 3. The normalized spacial score (nSPS) is 12.2. The topological polar surface area (TPSA) is 59.8 Å². The minimum absolute atomic E-state index is 0.0218. The molecule has 1 amide bonds. The molecule has 1 heterocycles. The lowest BCUT2D eigenvalue weighted by Gasteiger charge is -2.15. The van der Waals surface area contributed by atoms with Gasteiger partial charge in [0.2, 0.25) is 5.91 Å². The Kier molecular flexibility index (Phi) is 6.42. The van der Waals surface area contributed by atoms with Gasteiger partial charge >= 0.3 is 0 Å². The number of thioether (sulfide) groups is 1. The maximum Gasteiger partial charge on any atom is 0.233 e. The lowest BCUT2D eigenvalue weighted by atomic mass is 10.2. The van der Waals surface area contributed by atoms with E-state index in [1.807, 2.05) is 80.8 Å². The van der Waals surface area contributed by atoms with Crippen LogP contribution in [0.4, 0.5) is 0 Å². The predicted octanol–water partition coefficient (Wildman–Crippen LogP) is 4.90. The molecule has 1 unspecified atom stereocenters. The van der Waals surface area contributed by atoms with Crippen LogP contribution in [0.25, 0.3) is 17.1 Å². The van der Waals surface area contributed by atoms with Crippen molar-refractivity contribution in [3.05, 3.63) is 59.1 Å². The van der Waals surface area contributed by atoms with E-state index >= 15 is 0 Å². The number of aryl methyl sites for hydroxylation is 1. The molecule has 28 heavy (non-hydrogen) atoms. The molecule has 0 saturated heterocycles. The first-order valence-electron chi connectivity index (χ1n) is 9.10. The molecule has 1 aromatic heterocycles. The van der Waals surface area contributed by atoms with Gasteiger partial charge in [0.1, 0.15) is 0 Å². The van der Waals surface area contributed by atoms with Gasteiger partial charge in [-0.1, -0.05) is 41.1 Å². The van der Waals surface area contributed by atoms with Gasteiger partial charge in [0.15, 0.2) is 11.0 Å². The minimum Gasteiger partial charge on any atom is -0.353 e. The van der Waals surface area contributed by atoms with Crippen LogP contribution in [0, 0.1) is 6.92 Å². The zero-order valence-corrected chi connectivity index (χ0v) is 17.9. The van der Waals surface area contributed by atoms with Gasteiger partial charge in [0, 0.05) is 22.3 Å². The molecule has 0 fully saturated rings. The molecule has 2 aromatic carbocycles. The Morgan fingerprint density at radius 2 is 1.68 bits per heavy atom. The quantitative estimate of drug-likeness (QED) is 0.582. The Morgan fingerprint density at radius 1 is 1.04 bits per heavy atom. The smallest absolute Gasteiger partial charge is 0.233 e. The molecule has 0 aliphatic heterocycles. The number of halogens is 1. The predicted molar refractivity (Wildman–Crippen MR) is 115 cm³/mol. The summed E-state index contributed by atoms with van der Waals surface area (Å²) in [5.74, 6) is 0.686. The van der Waals surface area contributed by atoms with E-state index in [2.05, 4.69) is 15.5 Å². The van der Waals surface area contributed by atoms with Crippen molar-refractivity contribution in [1.29, 1.82) is 0 Å². The number of nitrogens with one attached hydrogen (secondary N) is 1. The Morgan fingerprint density at radius 3 is 2.29 bits per heavy atom. The molecule has 3 aromatic rings. The highest BCUT2D eigenvalue weighted by Gasteiger charge is 2.22. The van der Waals surface area contributed by atoms with Crippen molar-refractivity contribution in [1.82, 2.24) is 20.1 Å². The van der Waals surface area contributed by atoms with Crippen LogP contribution in [0.1, 0.15) is 26.3 Å².